The van der Waals surface area contributed by atoms with Gasteiger partial charge in [-0.15, -0.1) is 0 Å². The van der Waals surface area contributed by atoms with Crippen molar-refractivity contribution in [2.24, 2.45) is 11.8 Å². The zero-order chi connectivity index (χ0) is 9.84. The van der Waals surface area contributed by atoms with E-state index in [4.69, 9.17) is 4.42 Å². The quantitative estimate of drug-likeness (QED) is 0.772. The lowest BCUT2D eigenvalue weighted by molar-refractivity contribution is 0.315. The predicted molar refractivity (Wildman–Crippen MR) is 54.5 cm³/mol. The van der Waals surface area contributed by atoms with Crippen LogP contribution in [0.5, 0.6) is 0 Å². The molecule has 0 aliphatic heterocycles. The van der Waals surface area contributed by atoms with E-state index in [1.54, 1.807) is 6.26 Å². The van der Waals surface area contributed by atoms with E-state index in [1.807, 2.05) is 19.4 Å². The van der Waals surface area contributed by atoms with Crippen LogP contribution >= 0.6 is 0 Å². The van der Waals surface area contributed by atoms with Crippen LogP contribution in [0.3, 0.4) is 0 Å². The molecule has 2 heteroatoms. The molecule has 1 heterocycles. The van der Waals surface area contributed by atoms with Gasteiger partial charge >= 0.3 is 0 Å². The van der Waals surface area contributed by atoms with Crippen molar-refractivity contribution in [1.82, 2.24) is 5.32 Å². The summed E-state index contributed by atoms with van der Waals surface area (Å²) >= 11 is 0. The van der Waals surface area contributed by atoms with E-state index in [9.17, 15) is 0 Å². The van der Waals surface area contributed by atoms with Gasteiger partial charge in [0.15, 0.2) is 0 Å². The lowest BCUT2D eigenvalue weighted by Gasteiger charge is -2.25. The fourth-order valence-corrected chi connectivity index (χ4v) is 1.57. The molecular weight excluding hydrogens is 162 g/mol. The van der Waals surface area contributed by atoms with Gasteiger partial charge in [0, 0.05) is 11.6 Å². The third-order valence-electron chi connectivity index (χ3n) is 2.79. The van der Waals surface area contributed by atoms with Crippen LogP contribution in [0.25, 0.3) is 0 Å². The van der Waals surface area contributed by atoms with E-state index >= 15 is 0 Å². The molecule has 74 valence electrons. The molecule has 0 amide bonds. The van der Waals surface area contributed by atoms with Crippen LogP contribution in [0.2, 0.25) is 0 Å². The summed E-state index contributed by atoms with van der Waals surface area (Å²) in [4.78, 5) is 0. The van der Waals surface area contributed by atoms with Crippen molar-refractivity contribution in [3.05, 3.63) is 24.2 Å². The van der Waals surface area contributed by atoms with Gasteiger partial charge in [-0.1, -0.05) is 20.8 Å². The van der Waals surface area contributed by atoms with Crippen LogP contribution in [-0.4, -0.2) is 7.05 Å². The minimum Gasteiger partial charge on any atom is -0.472 e. The second-order valence-corrected chi connectivity index (χ2v) is 3.93. The zero-order valence-corrected chi connectivity index (χ0v) is 8.87. The predicted octanol–water partition coefficient (Wildman–Crippen LogP) is 2.83. The molecule has 0 aliphatic rings. The number of nitrogens with one attached hydrogen (secondary N) is 1. The highest BCUT2D eigenvalue weighted by molar-refractivity contribution is 5.12. The molecule has 2 atom stereocenters. The second kappa shape index (κ2) is 4.47. The molecule has 0 fully saturated rings. The van der Waals surface area contributed by atoms with E-state index in [0.717, 1.165) is 0 Å². The minimum absolute atomic E-state index is 0.402. The Hall–Kier alpha value is -0.760. The van der Waals surface area contributed by atoms with Gasteiger partial charge in [0.05, 0.1) is 12.5 Å². The molecule has 0 bridgehead atoms. The van der Waals surface area contributed by atoms with Gasteiger partial charge in [0.1, 0.15) is 0 Å². The Morgan fingerprint density at radius 1 is 1.31 bits per heavy atom. The topological polar surface area (TPSA) is 25.2 Å². The highest BCUT2D eigenvalue weighted by Gasteiger charge is 2.20. The second-order valence-electron chi connectivity index (χ2n) is 3.93. The molecule has 1 aromatic rings. The van der Waals surface area contributed by atoms with Crippen LogP contribution in [0.1, 0.15) is 32.4 Å². The first kappa shape index (κ1) is 10.3. The summed E-state index contributed by atoms with van der Waals surface area (Å²) in [6, 6.07) is 2.43. The summed E-state index contributed by atoms with van der Waals surface area (Å²) in [7, 11) is 2.00. The lowest BCUT2D eigenvalue weighted by atomic mass is 9.87. The van der Waals surface area contributed by atoms with Crippen LogP contribution in [0.4, 0.5) is 0 Å². The molecule has 13 heavy (non-hydrogen) atoms. The molecule has 0 aromatic carbocycles. The highest BCUT2D eigenvalue weighted by atomic mass is 16.3. The molecular formula is C11H19NO. The van der Waals surface area contributed by atoms with E-state index in [0.29, 0.717) is 17.9 Å². The van der Waals surface area contributed by atoms with E-state index in [1.165, 1.54) is 5.56 Å². The molecule has 0 aliphatic carbocycles. The summed E-state index contributed by atoms with van der Waals surface area (Å²) in [6.45, 7) is 6.75. The van der Waals surface area contributed by atoms with Crippen molar-refractivity contribution in [3.8, 4) is 0 Å². The van der Waals surface area contributed by atoms with Crippen LogP contribution in [0, 0.1) is 11.8 Å². The van der Waals surface area contributed by atoms with Gasteiger partial charge in [0.2, 0.25) is 0 Å². The van der Waals surface area contributed by atoms with Gasteiger partial charge in [-0.3, -0.25) is 0 Å². The normalized spacial score (nSPS) is 16.1. The van der Waals surface area contributed by atoms with Crippen molar-refractivity contribution in [2.45, 2.75) is 26.8 Å². The Kier molecular flexibility index (Phi) is 3.55. The minimum atomic E-state index is 0.402. The average molecular weight is 181 g/mol. The molecule has 1 N–H and O–H groups in total. The van der Waals surface area contributed by atoms with Crippen LogP contribution in [-0.2, 0) is 0 Å². The average Bonchev–Trinajstić information content (AvgIpc) is 2.58. The molecule has 0 saturated carbocycles. The van der Waals surface area contributed by atoms with Gasteiger partial charge in [0.25, 0.3) is 0 Å². The molecule has 1 rings (SSSR count). The van der Waals surface area contributed by atoms with Crippen molar-refractivity contribution < 1.29 is 4.42 Å². The maximum atomic E-state index is 5.09. The van der Waals surface area contributed by atoms with Gasteiger partial charge < -0.3 is 9.73 Å². The number of hydrogen-bond acceptors (Lipinski definition) is 2. The molecule has 0 spiro atoms. The van der Waals surface area contributed by atoms with E-state index < -0.39 is 0 Å². The Labute approximate surface area is 80.3 Å². The molecule has 0 radical (unpaired) electrons. The lowest BCUT2D eigenvalue weighted by Crippen LogP contribution is -2.26. The Bertz CT molecular complexity index is 228. The highest BCUT2D eigenvalue weighted by Crippen LogP contribution is 2.27. The van der Waals surface area contributed by atoms with E-state index in [-0.39, 0.29) is 0 Å². The maximum absolute atomic E-state index is 5.09. The van der Waals surface area contributed by atoms with Gasteiger partial charge in [-0.2, -0.15) is 0 Å². The smallest absolute Gasteiger partial charge is 0.0950 e. The summed E-state index contributed by atoms with van der Waals surface area (Å²) in [5, 5.41) is 3.33. The van der Waals surface area contributed by atoms with Gasteiger partial charge in [-0.25, -0.2) is 0 Å². The Morgan fingerprint density at radius 3 is 2.38 bits per heavy atom. The van der Waals surface area contributed by atoms with Crippen molar-refractivity contribution in [1.29, 1.82) is 0 Å². The molecule has 1 aromatic heterocycles. The van der Waals surface area contributed by atoms with Crippen molar-refractivity contribution >= 4 is 0 Å². The molecule has 2 unspecified atom stereocenters. The number of hydrogen-bond donors (Lipinski definition) is 1. The third kappa shape index (κ3) is 2.34. The standard InChI is InChI=1S/C11H19NO/c1-8(2)9(3)11(12-4)10-5-6-13-7-10/h5-9,11-12H,1-4H3. The Morgan fingerprint density at radius 2 is 2.00 bits per heavy atom. The first-order chi connectivity index (χ1) is 6.16. The molecule has 0 saturated heterocycles. The largest absolute Gasteiger partial charge is 0.472 e. The fraction of sp³-hybridized carbons (Fsp3) is 0.636. The molecule has 2 nitrogen and oxygen atoms in total. The number of furan rings is 1. The summed E-state index contributed by atoms with van der Waals surface area (Å²) in [6.07, 6.45) is 3.55. The number of rotatable bonds is 4. The first-order valence-corrected chi connectivity index (χ1v) is 4.86. The summed E-state index contributed by atoms with van der Waals surface area (Å²) < 4.78 is 5.09. The monoisotopic (exact) mass is 181 g/mol. The zero-order valence-electron chi connectivity index (χ0n) is 8.87. The maximum Gasteiger partial charge on any atom is 0.0950 e. The van der Waals surface area contributed by atoms with Crippen molar-refractivity contribution in [3.63, 3.8) is 0 Å². The van der Waals surface area contributed by atoms with E-state index in [2.05, 4.69) is 26.1 Å². The summed E-state index contributed by atoms with van der Waals surface area (Å²) in [5.41, 5.74) is 1.24. The van der Waals surface area contributed by atoms with Crippen LogP contribution < -0.4 is 5.32 Å². The third-order valence-corrected chi connectivity index (χ3v) is 2.79. The fourth-order valence-electron chi connectivity index (χ4n) is 1.57. The first-order valence-electron chi connectivity index (χ1n) is 4.86. The summed E-state index contributed by atoms with van der Waals surface area (Å²) in [5.74, 6) is 1.29. The van der Waals surface area contributed by atoms with Gasteiger partial charge in [-0.05, 0) is 24.9 Å². The van der Waals surface area contributed by atoms with Crippen LogP contribution in [0.15, 0.2) is 23.0 Å². The SMILES string of the molecule is CNC(c1ccoc1)C(C)C(C)C. The Balaban J connectivity index is 2.74. The van der Waals surface area contributed by atoms with Crippen molar-refractivity contribution in [2.75, 3.05) is 7.05 Å².